The first-order chi connectivity index (χ1) is 9.67. The third kappa shape index (κ3) is 2.02. The molecule has 3 nitrogen and oxygen atoms in total. The molecule has 0 aromatic carbocycles. The van der Waals surface area contributed by atoms with Crippen molar-refractivity contribution in [1.29, 1.82) is 0 Å². The lowest BCUT2D eigenvalue weighted by molar-refractivity contribution is -0.0494. The fourth-order valence-electron chi connectivity index (χ4n) is 5.52. The molecule has 4 bridgehead atoms. The molecule has 4 fully saturated rings. The molecular formula is C17H27N3. The van der Waals surface area contributed by atoms with Crippen molar-refractivity contribution in [2.75, 3.05) is 0 Å². The molecule has 0 radical (unpaired) electrons. The highest BCUT2D eigenvalue weighted by Crippen LogP contribution is 2.58. The molecule has 3 heteroatoms. The van der Waals surface area contributed by atoms with E-state index in [0.29, 0.717) is 5.54 Å². The topological polar surface area (TPSA) is 43.8 Å². The third-order valence-corrected chi connectivity index (χ3v) is 6.15. The first-order valence-corrected chi connectivity index (χ1v) is 8.46. The lowest BCUT2D eigenvalue weighted by atomic mass is 9.53. The molecular weight excluding hydrogens is 246 g/mol. The molecule has 0 amide bonds. The highest BCUT2D eigenvalue weighted by Gasteiger charge is 2.52. The van der Waals surface area contributed by atoms with Crippen LogP contribution in [0.2, 0.25) is 0 Å². The minimum Gasteiger partial charge on any atom is -0.327 e. The normalized spacial score (nSPS) is 40.2. The number of hydrogen-bond acceptors (Lipinski definition) is 2. The van der Waals surface area contributed by atoms with Gasteiger partial charge in [-0.3, -0.25) is 4.68 Å². The van der Waals surface area contributed by atoms with E-state index in [2.05, 4.69) is 24.0 Å². The molecule has 5 rings (SSSR count). The van der Waals surface area contributed by atoms with Gasteiger partial charge in [0.1, 0.15) is 0 Å². The van der Waals surface area contributed by atoms with Gasteiger partial charge in [0, 0.05) is 12.2 Å². The molecule has 20 heavy (non-hydrogen) atoms. The summed E-state index contributed by atoms with van der Waals surface area (Å²) in [5.41, 5.74) is 7.78. The van der Waals surface area contributed by atoms with E-state index in [1.54, 1.807) is 0 Å². The van der Waals surface area contributed by atoms with Crippen molar-refractivity contribution in [2.24, 2.45) is 23.5 Å². The van der Waals surface area contributed by atoms with E-state index < -0.39 is 0 Å². The zero-order chi connectivity index (χ0) is 13.7. The van der Waals surface area contributed by atoms with Gasteiger partial charge in [0.25, 0.3) is 0 Å². The summed E-state index contributed by atoms with van der Waals surface area (Å²) in [5.74, 6) is 2.94. The molecule has 110 valence electrons. The maximum absolute atomic E-state index is 6.08. The molecule has 1 heterocycles. The summed E-state index contributed by atoms with van der Waals surface area (Å²) >= 11 is 0. The second kappa shape index (κ2) is 4.59. The molecule has 0 saturated heterocycles. The third-order valence-electron chi connectivity index (χ3n) is 6.15. The molecule has 4 saturated carbocycles. The standard InChI is InChI=1S/C17H27N3/c1-2-16(18)6-15-10-19-20(11-15)17-7-12-3-13(8-17)5-14(4-12)9-17/h10-14,16H,2-9,18H2,1H3. The van der Waals surface area contributed by atoms with E-state index in [9.17, 15) is 0 Å². The van der Waals surface area contributed by atoms with E-state index in [1.807, 2.05) is 0 Å². The minimum absolute atomic E-state index is 0.281. The average Bonchev–Trinajstić information content (AvgIpc) is 2.86. The number of hydrogen-bond donors (Lipinski definition) is 1. The fourth-order valence-corrected chi connectivity index (χ4v) is 5.52. The highest BCUT2D eigenvalue weighted by molar-refractivity contribution is 5.11. The van der Waals surface area contributed by atoms with Crippen LogP contribution in [0.4, 0.5) is 0 Å². The van der Waals surface area contributed by atoms with Crippen LogP contribution in [0, 0.1) is 17.8 Å². The molecule has 1 unspecified atom stereocenters. The lowest BCUT2D eigenvalue weighted by Crippen LogP contribution is -2.52. The van der Waals surface area contributed by atoms with Gasteiger partial charge < -0.3 is 5.73 Å². The maximum Gasteiger partial charge on any atom is 0.0635 e. The summed E-state index contributed by atoms with van der Waals surface area (Å²) in [4.78, 5) is 0. The van der Waals surface area contributed by atoms with Gasteiger partial charge in [-0.25, -0.2) is 0 Å². The lowest BCUT2D eigenvalue weighted by Gasteiger charge is -2.56. The van der Waals surface area contributed by atoms with Crippen LogP contribution in [0.3, 0.4) is 0 Å². The Morgan fingerprint density at radius 2 is 1.85 bits per heavy atom. The quantitative estimate of drug-likeness (QED) is 0.916. The minimum atomic E-state index is 0.281. The Labute approximate surface area is 121 Å². The Hall–Kier alpha value is -0.830. The summed E-state index contributed by atoms with van der Waals surface area (Å²) in [6, 6.07) is 0.281. The molecule has 0 spiro atoms. The summed E-state index contributed by atoms with van der Waals surface area (Å²) in [7, 11) is 0. The Morgan fingerprint density at radius 1 is 1.25 bits per heavy atom. The number of aromatic nitrogens is 2. The van der Waals surface area contributed by atoms with Crippen LogP contribution >= 0.6 is 0 Å². The van der Waals surface area contributed by atoms with Crippen molar-refractivity contribution in [3.05, 3.63) is 18.0 Å². The van der Waals surface area contributed by atoms with E-state index in [1.165, 1.54) is 44.1 Å². The van der Waals surface area contributed by atoms with Gasteiger partial charge in [0.15, 0.2) is 0 Å². The van der Waals surface area contributed by atoms with E-state index in [4.69, 9.17) is 10.8 Å². The van der Waals surface area contributed by atoms with E-state index in [0.717, 1.165) is 30.6 Å². The molecule has 1 aromatic rings. The summed E-state index contributed by atoms with van der Waals surface area (Å²) in [5, 5.41) is 4.75. The smallest absolute Gasteiger partial charge is 0.0635 e. The monoisotopic (exact) mass is 273 g/mol. The largest absolute Gasteiger partial charge is 0.327 e. The van der Waals surface area contributed by atoms with Crippen molar-refractivity contribution >= 4 is 0 Å². The van der Waals surface area contributed by atoms with Crippen LogP contribution < -0.4 is 5.73 Å². The maximum atomic E-state index is 6.08. The van der Waals surface area contributed by atoms with Gasteiger partial charge >= 0.3 is 0 Å². The zero-order valence-electron chi connectivity index (χ0n) is 12.6. The first-order valence-electron chi connectivity index (χ1n) is 8.46. The predicted molar refractivity (Wildman–Crippen MR) is 80.3 cm³/mol. The van der Waals surface area contributed by atoms with Crippen LogP contribution in [-0.4, -0.2) is 15.8 Å². The van der Waals surface area contributed by atoms with Crippen molar-refractivity contribution in [3.8, 4) is 0 Å². The van der Waals surface area contributed by atoms with E-state index in [-0.39, 0.29) is 6.04 Å². The van der Waals surface area contributed by atoms with Gasteiger partial charge in [0.05, 0.1) is 11.7 Å². The van der Waals surface area contributed by atoms with Crippen molar-refractivity contribution in [2.45, 2.75) is 69.9 Å². The Kier molecular flexibility index (Phi) is 2.95. The van der Waals surface area contributed by atoms with Crippen molar-refractivity contribution in [1.82, 2.24) is 9.78 Å². The number of rotatable bonds is 4. The molecule has 1 aromatic heterocycles. The molecule has 4 aliphatic rings. The molecule has 2 N–H and O–H groups in total. The van der Waals surface area contributed by atoms with Crippen LogP contribution in [0.5, 0.6) is 0 Å². The van der Waals surface area contributed by atoms with Gasteiger partial charge in [-0.1, -0.05) is 6.92 Å². The van der Waals surface area contributed by atoms with Crippen molar-refractivity contribution < 1.29 is 0 Å². The van der Waals surface area contributed by atoms with Crippen LogP contribution in [-0.2, 0) is 12.0 Å². The van der Waals surface area contributed by atoms with Gasteiger partial charge in [-0.05, 0) is 74.7 Å². The SMILES string of the molecule is CCC(N)Cc1cnn(C23CC4CC(CC(C4)C2)C3)c1. The Morgan fingerprint density at radius 3 is 2.40 bits per heavy atom. The van der Waals surface area contributed by atoms with Crippen LogP contribution in [0.15, 0.2) is 12.4 Å². The number of nitrogens with two attached hydrogens (primary N) is 1. The highest BCUT2D eigenvalue weighted by atomic mass is 15.3. The zero-order valence-corrected chi connectivity index (χ0v) is 12.6. The molecule has 0 aliphatic heterocycles. The van der Waals surface area contributed by atoms with Gasteiger partial charge in [0.2, 0.25) is 0 Å². The van der Waals surface area contributed by atoms with Crippen LogP contribution in [0.1, 0.15) is 57.4 Å². The summed E-state index contributed by atoms with van der Waals surface area (Å²) in [6.45, 7) is 2.16. The van der Waals surface area contributed by atoms with Gasteiger partial charge in [-0.2, -0.15) is 5.10 Å². The predicted octanol–water partition coefficient (Wildman–Crippen LogP) is 3.09. The number of nitrogens with zero attached hydrogens (tertiary/aromatic N) is 2. The Balaban J connectivity index is 1.58. The second-order valence-electron chi connectivity index (χ2n) is 7.81. The summed E-state index contributed by atoms with van der Waals surface area (Å²) < 4.78 is 2.34. The van der Waals surface area contributed by atoms with Gasteiger partial charge in [-0.15, -0.1) is 0 Å². The van der Waals surface area contributed by atoms with Crippen LogP contribution in [0.25, 0.3) is 0 Å². The first kappa shape index (κ1) is 12.9. The summed E-state index contributed by atoms with van der Waals surface area (Å²) in [6.07, 6.45) is 15.0. The Bertz CT molecular complexity index is 455. The molecule has 1 atom stereocenters. The fraction of sp³-hybridized carbons (Fsp3) is 0.824. The average molecular weight is 273 g/mol. The molecule has 4 aliphatic carbocycles. The second-order valence-corrected chi connectivity index (χ2v) is 7.81. The van der Waals surface area contributed by atoms with Crippen molar-refractivity contribution in [3.63, 3.8) is 0 Å². The van der Waals surface area contributed by atoms with E-state index >= 15 is 0 Å².